The highest BCUT2D eigenvalue weighted by Gasteiger charge is 2.54. The van der Waals surface area contributed by atoms with Crippen LogP contribution in [0.4, 0.5) is 13.2 Å². The molecule has 3 aromatic rings. The molecule has 4 saturated carbocycles. The van der Waals surface area contributed by atoms with Gasteiger partial charge in [-0.2, -0.15) is 21.6 Å². The van der Waals surface area contributed by atoms with Gasteiger partial charge in [0.2, 0.25) is 0 Å². The first-order chi connectivity index (χ1) is 17.5. The van der Waals surface area contributed by atoms with Crippen molar-refractivity contribution < 1.29 is 35.7 Å². The molecule has 7 rings (SSSR count). The lowest BCUT2D eigenvalue weighted by molar-refractivity contribution is -0.0502. The SMILES string of the molecule is O=C(O)c1ccc2ccccc2c1-c1ccc(OS(=O)(=O)C(F)(F)F)c(C23CC4CC(CC(C4)C2)C3)c1. The van der Waals surface area contributed by atoms with Crippen LogP contribution in [0.5, 0.6) is 5.75 Å². The molecule has 0 aliphatic heterocycles. The maximum absolute atomic E-state index is 13.3. The molecule has 0 aromatic heterocycles. The lowest BCUT2D eigenvalue weighted by Gasteiger charge is -2.57. The van der Waals surface area contributed by atoms with Crippen LogP contribution >= 0.6 is 0 Å². The number of carboxylic acids is 1. The summed E-state index contributed by atoms with van der Waals surface area (Å²) < 4.78 is 68.8. The van der Waals surface area contributed by atoms with Crippen LogP contribution in [0.25, 0.3) is 21.9 Å². The minimum atomic E-state index is -5.87. The Morgan fingerprint density at radius 3 is 2.14 bits per heavy atom. The molecular weight excluding hydrogens is 505 g/mol. The predicted octanol–water partition coefficient (Wildman–Crippen LogP) is 6.90. The van der Waals surface area contributed by atoms with Crippen LogP contribution in [0.2, 0.25) is 0 Å². The number of benzene rings is 3. The third kappa shape index (κ3) is 3.98. The summed E-state index contributed by atoms with van der Waals surface area (Å²) in [7, 11) is -5.87. The Hall–Kier alpha value is -3.07. The van der Waals surface area contributed by atoms with E-state index in [0.29, 0.717) is 39.8 Å². The zero-order valence-electron chi connectivity index (χ0n) is 19.8. The molecule has 0 radical (unpaired) electrons. The summed E-state index contributed by atoms with van der Waals surface area (Å²) in [5, 5.41) is 11.5. The minimum absolute atomic E-state index is 0.0618. The topological polar surface area (TPSA) is 80.7 Å². The Morgan fingerprint density at radius 2 is 1.54 bits per heavy atom. The number of alkyl halides is 3. The van der Waals surface area contributed by atoms with Gasteiger partial charge in [0.15, 0.2) is 0 Å². The number of carbonyl (C=O) groups is 1. The molecule has 9 heteroatoms. The van der Waals surface area contributed by atoms with Crippen LogP contribution in [0.3, 0.4) is 0 Å². The van der Waals surface area contributed by atoms with Crippen LogP contribution in [-0.2, 0) is 15.5 Å². The Bertz CT molecular complexity index is 1490. The average molecular weight is 531 g/mol. The molecule has 1 N–H and O–H groups in total. The molecule has 4 fully saturated rings. The Labute approximate surface area is 212 Å². The van der Waals surface area contributed by atoms with Crippen molar-refractivity contribution in [3.63, 3.8) is 0 Å². The number of hydrogen-bond acceptors (Lipinski definition) is 4. The van der Waals surface area contributed by atoms with E-state index in [1.165, 1.54) is 18.2 Å². The van der Waals surface area contributed by atoms with Gasteiger partial charge in [-0.25, -0.2) is 4.79 Å². The number of hydrogen-bond donors (Lipinski definition) is 1. The van der Waals surface area contributed by atoms with Gasteiger partial charge in [-0.3, -0.25) is 0 Å². The molecule has 0 unspecified atom stereocenters. The van der Waals surface area contributed by atoms with Crippen LogP contribution in [0.15, 0.2) is 54.6 Å². The normalized spacial score (nSPS) is 26.9. The highest BCUT2D eigenvalue weighted by atomic mass is 32.2. The van der Waals surface area contributed by atoms with E-state index < -0.39 is 27.0 Å². The van der Waals surface area contributed by atoms with Crippen molar-refractivity contribution in [2.75, 3.05) is 0 Å². The van der Waals surface area contributed by atoms with Gasteiger partial charge in [0.05, 0.1) is 5.56 Å². The smallest absolute Gasteiger partial charge is 0.478 e. The van der Waals surface area contributed by atoms with Crippen LogP contribution < -0.4 is 4.18 Å². The van der Waals surface area contributed by atoms with E-state index in [0.717, 1.165) is 43.9 Å². The highest BCUT2D eigenvalue weighted by Crippen LogP contribution is 2.62. The molecule has 4 bridgehead atoms. The molecule has 3 aromatic carbocycles. The van der Waals surface area contributed by atoms with E-state index in [4.69, 9.17) is 4.18 Å². The van der Waals surface area contributed by atoms with Gasteiger partial charge in [-0.05, 0) is 96.2 Å². The third-order valence-corrected chi connectivity index (χ3v) is 9.49. The first-order valence-corrected chi connectivity index (χ1v) is 13.8. The molecular formula is C28H25F3O5S. The summed E-state index contributed by atoms with van der Waals surface area (Å²) in [5.41, 5.74) is -4.61. The predicted molar refractivity (Wildman–Crippen MR) is 132 cm³/mol. The third-order valence-electron chi connectivity index (χ3n) is 8.52. The fourth-order valence-electron chi connectivity index (χ4n) is 7.54. The lowest BCUT2D eigenvalue weighted by atomic mass is 9.48. The molecule has 0 amide bonds. The van der Waals surface area contributed by atoms with Gasteiger partial charge in [0.25, 0.3) is 0 Å². The molecule has 0 atom stereocenters. The number of carboxylic acid groups (broad SMARTS) is 1. The molecule has 4 aliphatic carbocycles. The quantitative estimate of drug-likeness (QED) is 0.287. The summed E-state index contributed by atoms with van der Waals surface area (Å²) in [6.07, 6.45) is 5.53. The van der Waals surface area contributed by atoms with E-state index in [9.17, 15) is 31.5 Å². The summed E-state index contributed by atoms with van der Waals surface area (Å²) in [5.74, 6) is -0.130. The summed E-state index contributed by atoms with van der Waals surface area (Å²) in [6, 6.07) is 14.9. The fourth-order valence-corrected chi connectivity index (χ4v) is 8.02. The largest absolute Gasteiger partial charge is 0.534 e. The molecule has 37 heavy (non-hydrogen) atoms. The second kappa shape index (κ2) is 8.21. The zero-order chi connectivity index (χ0) is 26.2. The Balaban J connectivity index is 1.58. The maximum atomic E-state index is 13.3. The van der Waals surface area contributed by atoms with Crippen molar-refractivity contribution >= 4 is 26.9 Å². The van der Waals surface area contributed by atoms with Crippen molar-refractivity contribution in [3.05, 3.63) is 65.7 Å². The van der Waals surface area contributed by atoms with Crippen molar-refractivity contribution in [1.82, 2.24) is 0 Å². The first-order valence-electron chi connectivity index (χ1n) is 12.4. The minimum Gasteiger partial charge on any atom is -0.478 e. The van der Waals surface area contributed by atoms with Gasteiger partial charge >= 0.3 is 21.6 Å². The second-order valence-corrected chi connectivity index (χ2v) is 12.4. The molecule has 0 heterocycles. The van der Waals surface area contributed by atoms with E-state index in [2.05, 4.69) is 0 Å². The highest BCUT2D eigenvalue weighted by molar-refractivity contribution is 7.88. The molecule has 0 saturated heterocycles. The lowest BCUT2D eigenvalue weighted by Crippen LogP contribution is -2.48. The van der Waals surface area contributed by atoms with E-state index in [-0.39, 0.29) is 11.3 Å². The molecule has 4 aliphatic rings. The summed E-state index contributed by atoms with van der Waals surface area (Å²) in [4.78, 5) is 12.2. The van der Waals surface area contributed by atoms with Crippen molar-refractivity contribution in [1.29, 1.82) is 0 Å². The Kier molecular flexibility index (Phi) is 5.39. The van der Waals surface area contributed by atoms with E-state index in [1.54, 1.807) is 24.3 Å². The van der Waals surface area contributed by atoms with Crippen molar-refractivity contribution in [3.8, 4) is 16.9 Å². The van der Waals surface area contributed by atoms with Crippen LogP contribution in [0, 0.1) is 17.8 Å². The van der Waals surface area contributed by atoms with Gasteiger partial charge in [0.1, 0.15) is 5.75 Å². The van der Waals surface area contributed by atoms with Crippen LogP contribution in [0.1, 0.15) is 54.4 Å². The summed E-state index contributed by atoms with van der Waals surface area (Å²) in [6.45, 7) is 0. The standard InChI is InChI=1S/C28H25F3O5S/c29-28(30,31)37(34,35)36-24-8-6-20(25-21-4-2-1-3-19(21)5-7-22(25)26(32)33)12-23(24)27-13-16-9-17(14-27)11-18(10-16)15-27/h1-8,12,16-18H,9-11,13-15H2,(H,32,33). The monoisotopic (exact) mass is 530 g/mol. The zero-order valence-corrected chi connectivity index (χ0v) is 20.6. The van der Waals surface area contributed by atoms with E-state index >= 15 is 0 Å². The average Bonchev–Trinajstić information content (AvgIpc) is 2.81. The number of rotatable bonds is 5. The second-order valence-electron chi connectivity index (χ2n) is 10.9. The molecule has 0 spiro atoms. The van der Waals surface area contributed by atoms with Gasteiger partial charge < -0.3 is 9.29 Å². The van der Waals surface area contributed by atoms with Gasteiger partial charge in [-0.1, -0.05) is 36.4 Å². The van der Waals surface area contributed by atoms with Gasteiger partial charge in [-0.15, -0.1) is 0 Å². The number of halogens is 3. The van der Waals surface area contributed by atoms with Crippen molar-refractivity contribution in [2.24, 2.45) is 17.8 Å². The molecule has 5 nitrogen and oxygen atoms in total. The maximum Gasteiger partial charge on any atom is 0.534 e. The van der Waals surface area contributed by atoms with Crippen molar-refractivity contribution in [2.45, 2.75) is 49.4 Å². The summed E-state index contributed by atoms with van der Waals surface area (Å²) >= 11 is 0. The number of fused-ring (bicyclic) bond motifs is 1. The van der Waals surface area contributed by atoms with Gasteiger partial charge in [0, 0.05) is 11.1 Å². The Morgan fingerprint density at radius 1 is 0.919 bits per heavy atom. The molecule has 194 valence electrons. The number of aromatic carboxylic acids is 1. The fraction of sp³-hybridized carbons (Fsp3) is 0.393. The first kappa shape index (κ1) is 24.3. The van der Waals surface area contributed by atoms with Crippen LogP contribution in [-0.4, -0.2) is 25.0 Å². The van der Waals surface area contributed by atoms with E-state index in [1.807, 2.05) is 12.1 Å².